The second-order valence-corrected chi connectivity index (χ2v) is 2.70. The van der Waals surface area contributed by atoms with Gasteiger partial charge in [0.25, 0.3) is 0 Å². The zero-order chi connectivity index (χ0) is 8.69. The zero-order valence-corrected chi connectivity index (χ0v) is 8.06. The van der Waals surface area contributed by atoms with Gasteiger partial charge < -0.3 is 11.1 Å². The number of allylic oxidation sites excluding steroid dienone is 1. The third kappa shape index (κ3) is 5.66. The molecule has 0 saturated carbocycles. The van der Waals surface area contributed by atoms with Crippen LogP contribution in [0.3, 0.4) is 0 Å². The number of rotatable bonds is 4. The Balaban J connectivity index is 3.83. The van der Waals surface area contributed by atoms with Gasteiger partial charge >= 0.3 is 0 Å². The Morgan fingerprint density at radius 2 is 2.45 bits per heavy atom. The number of nitrogens with one attached hydrogen (secondary N) is 1. The first-order valence-corrected chi connectivity index (χ1v) is 4.04. The van der Waals surface area contributed by atoms with Crippen LogP contribution in [0.5, 0.6) is 0 Å². The van der Waals surface area contributed by atoms with Crippen molar-refractivity contribution in [2.24, 2.45) is 10.7 Å². The van der Waals surface area contributed by atoms with E-state index in [4.69, 9.17) is 5.73 Å². The molecule has 0 aliphatic heterocycles. The first-order valence-electron chi connectivity index (χ1n) is 3.25. The predicted octanol–water partition coefficient (Wildman–Crippen LogP) is 1.33. The van der Waals surface area contributed by atoms with Gasteiger partial charge in [0.2, 0.25) is 0 Å². The number of hydrogen-bond donors (Lipinski definition) is 2. The molecule has 3 nitrogen and oxygen atoms in total. The minimum Gasteiger partial charge on any atom is -0.404 e. The Hall–Kier alpha value is -0.770. The fourth-order valence-electron chi connectivity index (χ4n) is 0.432. The summed E-state index contributed by atoms with van der Waals surface area (Å²) in [6, 6.07) is 0. The first-order chi connectivity index (χ1) is 5.20. The fourth-order valence-corrected chi connectivity index (χ4v) is 0.535. The van der Waals surface area contributed by atoms with Crippen molar-refractivity contribution < 1.29 is 0 Å². The van der Waals surface area contributed by atoms with Gasteiger partial charge in [0.15, 0.2) is 0 Å². The molecule has 0 aromatic heterocycles. The van der Waals surface area contributed by atoms with Gasteiger partial charge in [-0.2, -0.15) is 0 Å². The molecule has 0 aromatic rings. The summed E-state index contributed by atoms with van der Waals surface area (Å²) < 4.78 is 0.733. The molecule has 0 atom stereocenters. The van der Waals surface area contributed by atoms with E-state index in [-0.39, 0.29) is 0 Å². The summed E-state index contributed by atoms with van der Waals surface area (Å²) in [6.07, 6.45) is 3.01. The summed E-state index contributed by atoms with van der Waals surface area (Å²) in [4.78, 5) is 3.96. The van der Waals surface area contributed by atoms with E-state index in [0.717, 1.165) is 11.0 Å². The molecular formula is C7H12BrN3. The van der Waals surface area contributed by atoms with Crippen LogP contribution in [0.4, 0.5) is 0 Å². The van der Waals surface area contributed by atoms with Gasteiger partial charge in [0, 0.05) is 19.0 Å². The van der Waals surface area contributed by atoms with Crippen LogP contribution in [-0.4, -0.2) is 12.8 Å². The predicted molar refractivity (Wildman–Crippen MR) is 52.5 cm³/mol. The summed E-state index contributed by atoms with van der Waals surface area (Å²) in [7, 11) is 0. The lowest BCUT2D eigenvalue weighted by molar-refractivity contribution is 0.847. The molecule has 3 N–H and O–H groups in total. The highest BCUT2D eigenvalue weighted by Gasteiger charge is 1.84. The maximum absolute atomic E-state index is 5.18. The van der Waals surface area contributed by atoms with Crippen molar-refractivity contribution in [1.29, 1.82) is 0 Å². The number of halogens is 1. The normalized spacial score (nSPS) is 12.0. The molecule has 0 fully saturated rings. The Labute approximate surface area is 75.2 Å². The topological polar surface area (TPSA) is 50.4 Å². The summed E-state index contributed by atoms with van der Waals surface area (Å²) in [5.74, 6) is 0.631. The molecule has 0 unspecified atom stereocenters. The number of hydrogen-bond acceptors (Lipinski definition) is 3. The van der Waals surface area contributed by atoms with Crippen LogP contribution in [0, 0.1) is 0 Å². The molecule has 0 aliphatic rings. The molecule has 0 heterocycles. The smallest absolute Gasteiger partial charge is 0.118 e. The van der Waals surface area contributed by atoms with Crippen molar-refractivity contribution in [2.45, 2.75) is 6.92 Å². The minimum absolute atomic E-state index is 0.631. The molecule has 11 heavy (non-hydrogen) atoms. The second kappa shape index (κ2) is 5.97. The molecule has 0 saturated heterocycles. The SMILES string of the molecule is C=C(/N=C\C(Br)=C/N)NCC. The number of nitrogens with zero attached hydrogens (tertiary/aromatic N) is 1. The summed E-state index contributed by atoms with van der Waals surface area (Å²) in [6.45, 7) is 6.45. The molecule has 62 valence electrons. The van der Waals surface area contributed by atoms with Crippen molar-refractivity contribution in [3.63, 3.8) is 0 Å². The van der Waals surface area contributed by atoms with E-state index in [9.17, 15) is 0 Å². The standard InChI is InChI=1S/C7H12BrN3/c1-3-10-6(2)11-5-7(8)4-9/h4-5,10H,2-3,9H2,1H3/b7-4+,11-5-. The molecule has 4 heteroatoms. The van der Waals surface area contributed by atoms with Crippen molar-refractivity contribution in [1.82, 2.24) is 5.32 Å². The minimum atomic E-state index is 0.631. The number of aliphatic imine (C=N–C) groups is 1. The van der Waals surface area contributed by atoms with Crippen LogP contribution in [0.25, 0.3) is 0 Å². The van der Waals surface area contributed by atoms with E-state index < -0.39 is 0 Å². The highest BCUT2D eigenvalue weighted by molar-refractivity contribution is 9.12. The molecule has 0 bridgehead atoms. The van der Waals surface area contributed by atoms with Gasteiger partial charge in [-0.15, -0.1) is 0 Å². The summed E-state index contributed by atoms with van der Waals surface area (Å²) in [5.41, 5.74) is 5.18. The third-order valence-corrected chi connectivity index (χ3v) is 1.35. The average Bonchev–Trinajstić information content (AvgIpc) is 2.01. The van der Waals surface area contributed by atoms with E-state index >= 15 is 0 Å². The molecule has 0 radical (unpaired) electrons. The number of nitrogens with two attached hydrogens (primary N) is 1. The zero-order valence-electron chi connectivity index (χ0n) is 6.47. The van der Waals surface area contributed by atoms with Crippen LogP contribution < -0.4 is 11.1 Å². The van der Waals surface area contributed by atoms with Gasteiger partial charge in [0.1, 0.15) is 5.82 Å². The fraction of sp³-hybridized carbons (Fsp3) is 0.286. The molecular weight excluding hydrogens is 206 g/mol. The van der Waals surface area contributed by atoms with Crippen LogP contribution in [0.15, 0.2) is 28.1 Å². The van der Waals surface area contributed by atoms with E-state index in [0.29, 0.717) is 5.82 Å². The van der Waals surface area contributed by atoms with Gasteiger partial charge in [0.05, 0.1) is 4.48 Å². The molecule has 0 rings (SSSR count). The van der Waals surface area contributed by atoms with Gasteiger partial charge in [-0.25, -0.2) is 4.99 Å². The van der Waals surface area contributed by atoms with Crippen molar-refractivity contribution in [3.05, 3.63) is 23.1 Å². The molecule has 0 amide bonds. The Kier molecular flexibility index (Phi) is 5.56. The van der Waals surface area contributed by atoms with Crippen molar-refractivity contribution in [3.8, 4) is 0 Å². The summed E-state index contributed by atoms with van der Waals surface area (Å²) in [5, 5.41) is 2.94. The van der Waals surface area contributed by atoms with Crippen LogP contribution >= 0.6 is 15.9 Å². The van der Waals surface area contributed by atoms with Gasteiger partial charge in [-0.3, -0.25) is 0 Å². The largest absolute Gasteiger partial charge is 0.404 e. The highest BCUT2D eigenvalue weighted by atomic mass is 79.9. The van der Waals surface area contributed by atoms with E-state index in [1.807, 2.05) is 6.92 Å². The van der Waals surface area contributed by atoms with Gasteiger partial charge in [-0.1, -0.05) is 6.58 Å². The summed E-state index contributed by atoms with van der Waals surface area (Å²) >= 11 is 3.17. The lowest BCUT2D eigenvalue weighted by Crippen LogP contribution is -2.09. The van der Waals surface area contributed by atoms with E-state index in [1.54, 1.807) is 6.21 Å². The molecule has 0 aromatic carbocycles. The van der Waals surface area contributed by atoms with Crippen LogP contribution in [0.1, 0.15) is 6.92 Å². The van der Waals surface area contributed by atoms with Gasteiger partial charge in [-0.05, 0) is 22.9 Å². The van der Waals surface area contributed by atoms with Crippen molar-refractivity contribution in [2.75, 3.05) is 6.54 Å². The van der Waals surface area contributed by atoms with E-state index in [1.165, 1.54) is 6.20 Å². The Morgan fingerprint density at radius 3 is 2.91 bits per heavy atom. The monoisotopic (exact) mass is 217 g/mol. The molecule has 0 aliphatic carbocycles. The lowest BCUT2D eigenvalue weighted by atomic mass is 10.6. The van der Waals surface area contributed by atoms with Crippen LogP contribution in [0.2, 0.25) is 0 Å². The van der Waals surface area contributed by atoms with Crippen LogP contribution in [-0.2, 0) is 0 Å². The highest BCUT2D eigenvalue weighted by Crippen LogP contribution is 1.98. The maximum atomic E-state index is 5.18. The maximum Gasteiger partial charge on any atom is 0.118 e. The molecule has 0 spiro atoms. The van der Waals surface area contributed by atoms with Crippen molar-refractivity contribution >= 4 is 22.1 Å². The average molecular weight is 218 g/mol. The Bertz CT molecular complexity index is 184. The first kappa shape index (κ1) is 10.2. The van der Waals surface area contributed by atoms with E-state index in [2.05, 4.69) is 32.8 Å². The Morgan fingerprint density at radius 1 is 1.82 bits per heavy atom. The quantitative estimate of drug-likeness (QED) is 0.699. The second-order valence-electron chi connectivity index (χ2n) is 1.79. The third-order valence-electron chi connectivity index (χ3n) is 0.884. The lowest BCUT2D eigenvalue weighted by Gasteiger charge is -1.98.